The molecule has 134 valence electrons. The van der Waals surface area contributed by atoms with Crippen molar-refractivity contribution in [2.45, 2.75) is 27.2 Å². The Morgan fingerprint density at radius 2 is 1.85 bits per heavy atom. The third-order valence-corrected chi connectivity index (χ3v) is 4.76. The van der Waals surface area contributed by atoms with Gasteiger partial charge >= 0.3 is 0 Å². The highest BCUT2D eigenvalue weighted by molar-refractivity contribution is 7.13. The predicted octanol–water partition coefficient (Wildman–Crippen LogP) is 4.44. The van der Waals surface area contributed by atoms with Crippen molar-refractivity contribution in [1.82, 2.24) is 15.0 Å². The largest absolute Gasteiger partial charge is 0.326 e. The second-order valence-electron chi connectivity index (χ2n) is 5.93. The number of nitrogens with zero attached hydrogens (tertiary/aromatic N) is 3. The standard InChI is InChI=1S/C18H18ClN5OS/c1-10-4-5-13(7-15(10)19)22-16(25)8-14-9-26-18(23-14)24-17-20-11(2)6-12(3)21-17/h4-7,9H,8H2,1-3H3,(H,22,25)(H,20,21,23,24). The smallest absolute Gasteiger partial charge is 0.230 e. The first-order valence-corrected chi connectivity index (χ1v) is 9.24. The van der Waals surface area contributed by atoms with Gasteiger partial charge in [0.15, 0.2) is 5.13 Å². The third kappa shape index (κ3) is 4.77. The maximum Gasteiger partial charge on any atom is 0.230 e. The molecule has 3 aromatic rings. The molecule has 0 spiro atoms. The Bertz CT molecular complexity index is 936. The number of hydrogen-bond donors (Lipinski definition) is 2. The van der Waals surface area contributed by atoms with Gasteiger partial charge in [0, 0.05) is 27.5 Å². The zero-order chi connectivity index (χ0) is 18.7. The monoisotopic (exact) mass is 387 g/mol. The molecule has 6 nitrogen and oxygen atoms in total. The number of halogens is 1. The van der Waals surface area contributed by atoms with Gasteiger partial charge in [0.05, 0.1) is 12.1 Å². The molecule has 0 aliphatic rings. The van der Waals surface area contributed by atoms with Crippen molar-refractivity contribution in [3.63, 3.8) is 0 Å². The second-order valence-corrected chi connectivity index (χ2v) is 7.20. The molecule has 0 saturated heterocycles. The van der Waals surface area contributed by atoms with E-state index in [1.54, 1.807) is 6.07 Å². The maximum atomic E-state index is 12.2. The molecule has 0 fully saturated rings. The lowest BCUT2D eigenvalue weighted by molar-refractivity contribution is -0.115. The van der Waals surface area contributed by atoms with E-state index in [0.29, 0.717) is 27.5 Å². The van der Waals surface area contributed by atoms with Crippen molar-refractivity contribution in [3.8, 4) is 0 Å². The van der Waals surface area contributed by atoms with Crippen molar-refractivity contribution >= 4 is 45.6 Å². The number of thiazole rings is 1. The molecule has 2 aromatic heterocycles. The molecule has 0 aliphatic carbocycles. The average Bonchev–Trinajstić information content (AvgIpc) is 2.96. The van der Waals surface area contributed by atoms with Crippen LogP contribution in [0.4, 0.5) is 16.8 Å². The van der Waals surface area contributed by atoms with Gasteiger partial charge in [-0.2, -0.15) is 0 Å². The summed E-state index contributed by atoms with van der Waals surface area (Å²) in [5, 5.41) is 9.02. The highest BCUT2D eigenvalue weighted by Crippen LogP contribution is 2.22. The van der Waals surface area contributed by atoms with Gasteiger partial charge in [-0.25, -0.2) is 15.0 Å². The van der Waals surface area contributed by atoms with E-state index in [9.17, 15) is 4.79 Å². The van der Waals surface area contributed by atoms with Crippen molar-refractivity contribution in [1.29, 1.82) is 0 Å². The number of carbonyl (C=O) groups excluding carboxylic acids is 1. The van der Waals surface area contributed by atoms with Gasteiger partial charge in [-0.1, -0.05) is 17.7 Å². The Hall–Kier alpha value is -2.51. The topological polar surface area (TPSA) is 79.8 Å². The summed E-state index contributed by atoms with van der Waals surface area (Å²) >= 11 is 7.48. The lowest BCUT2D eigenvalue weighted by atomic mass is 10.2. The lowest BCUT2D eigenvalue weighted by Gasteiger charge is -2.06. The van der Waals surface area contributed by atoms with Gasteiger partial charge in [-0.3, -0.25) is 4.79 Å². The summed E-state index contributed by atoms with van der Waals surface area (Å²) in [5.74, 6) is 0.353. The minimum Gasteiger partial charge on any atom is -0.326 e. The summed E-state index contributed by atoms with van der Waals surface area (Å²) in [5.41, 5.74) is 4.08. The summed E-state index contributed by atoms with van der Waals surface area (Å²) in [6.45, 7) is 5.74. The number of rotatable bonds is 5. The van der Waals surface area contributed by atoms with Crippen LogP contribution in [0, 0.1) is 20.8 Å². The SMILES string of the molecule is Cc1cc(C)nc(Nc2nc(CC(=O)Nc3ccc(C)c(Cl)c3)cs2)n1. The van der Waals surface area contributed by atoms with E-state index in [2.05, 4.69) is 25.6 Å². The van der Waals surface area contributed by atoms with E-state index in [4.69, 9.17) is 11.6 Å². The number of amides is 1. The summed E-state index contributed by atoms with van der Waals surface area (Å²) in [4.78, 5) is 25.3. The Morgan fingerprint density at radius 3 is 2.54 bits per heavy atom. The lowest BCUT2D eigenvalue weighted by Crippen LogP contribution is -2.14. The van der Waals surface area contributed by atoms with Crippen molar-refractivity contribution in [2.24, 2.45) is 0 Å². The number of anilines is 3. The Balaban J connectivity index is 1.62. The van der Waals surface area contributed by atoms with Gasteiger partial charge in [0.2, 0.25) is 11.9 Å². The molecule has 0 radical (unpaired) electrons. The van der Waals surface area contributed by atoms with Crippen LogP contribution in [0.5, 0.6) is 0 Å². The van der Waals surface area contributed by atoms with Crippen LogP contribution in [0.1, 0.15) is 22.6 Å². The van der Waals surface area contributed by atoms with Crippen LogP contribution in [-0.4, -0.2) is 20.9 Å². The number of carbonyl (C=O) groups is 1. The number of aryl methyl sites for hydroxylation is 3. The molecule has 1 amide bonds. The molecule has 0 aliphatic heterocycles. The molecule has 0 saturated carbocycles. The minimum atomic E-state index is -0.149. The van der Waals surface area contributed by atoms with Crippen LogP contribution in [0.3, 0.4) is 0 Å². The Morgan fingerprint density at radius 1 is 1.12 bits per heavy atom. The van der Waals surface area contributed by atoms with E-state index >= 15 is 0 Å². The van der Waals surface area contributed by atoms with Crippen molar-refractivity contribution < 1.29 is 4.79 Å². The zero-order valence-electron chi connectivity index (χ0n) is 14.6. The second kappa shape index (κ2) is 7.80. The molecule has 3 rings (SSSR count). The fourth-order valence-electron chi connectivity index (χ4n) is 2.36. The van der Waals surface area contributed by atoms with Crippen LogP contribution in [0.2, 0.25) is 5.02 Å². The van der Waals surface area contributed by atoms with Crippen LogP contribution >= 0.6 is 22.9 Å². The Kier molecular flexibility index (Phi) is 5.49. The summed E-state index contributed by atoms with van der Waals surface area (Å²) in [6, 6.07) is 7.33. The van der Waals surface area contributed by atoms with E-state index in [1.165, 1.54) is 11.3 Å². The first-order chi connectivity index (χ1) is 12.4. The third-order valence-electron chi connectivity index (χ3n) is 3.55. The van der Waals surface area contributed by atoms with Crippen LogP contribution in [0.25, 0.3) is 0 Å². The van der Waals surface area contributed by atoms with E-state index in [0.717, 1.165) is 17.0 Å². The number of nitrogens with one attached hydrogen (secondary N) is 2. The molecule has 2 N–H and O–H groups in total. The summed E-state index contributed by atoms with van der Waals surface area (Å²) in [6.07, 6.45) is 0.178. The molecule has 26 heavy (non-hydrogen) atoms. The van der Waals surface area contributed by atoms with Crippen molar-refractivity contribution in [2.75, 3.05) is 10.6 Å². The number of benzene rings is 1. The van der Waals surface area contributed by atoms with E-state index in [1.807, 2.05) is 44.4 Å². The first kappa shape index (κ1) is 18.3. The Labute approximate surface area is 160 Å². The van der Waals surface area contributed by atoms with Crippen LogP contribution in [-0.2, 0) is 11.2 Å². The fourth-order valence-corrected chi connectivity index (χ4v) is 3.25. The molecular weight excluding hydrogens is 370 g/mol. The summed E-state index contributed by atoms with van der Waals surface area (Å²) < 4.78 is 0. The number of hydrogen-bond acceptors (Lipinski definition) is 6. The minimum absolute atomic E-state index is 0.149. The molecule has 0 atom stereocenters. The van der Waals surface area contributed by atoms with Crippen LogP contribution in [0.15, 0.2) is 29.6 Å². The molecule has 2 heterocycles. The molecule has 8 heteroatoms. The molecular formula is C18H18ClN5OS. The molecule has 0 unspecified atom stereocenters. The molecule has 0 bridgehead atoms. The van der Waals surface area contributed by atoms with Gasteiger partial charge < -0.3 is 10.6 Å². The normalized spacial score (nSPS) is 10.6. The van der Waals surface area contributed by atoms with E-state index in [-0.39, 0.29) is 12.3 Å². The average molecular weight is 388 g/mol. The predicted molar refractivity (Wildman–Crippen MR) is 105 cm³/mol. The highest BCUT2D eigenvalue weighted by Gasteiger charge is 2.10. The van der Waals surface area contributed by atoms with Gasteiger partial charge in [0.25, 0.3) is 0 Å². The van der Waals surface area contributed by atoms with Gasteiger partial charge in [-0.05, 0) is 44.5 Å². The number of aromatic nitrogens is 3. The van der Waals surface area contributed by atoms with Crippen molar-refractivity contribution in [3.05, 3.63) is 57.3 Å². The highest BCUT2D eigenvalue weighted by atomic mass is 35.5. The molecule has 1 aromatic carbocycles. The van der Waals surface area contributed by atoms with Gasteiger partial charge in [0.1, 0.15) is 0 Å². The maximum absolute atomic E-state index is 12.2. The first-order valence-electron chi connectivity index (χ1n) is 7.99. The van der Waals surface area contributed by atoms with Gasteiger partial charge in [-0.15, -0.1) is 11.3 Å². The quantitative estimate of drug-likeness (QED) is 0.676. The zero-order valence-corrected chi connectivity index (χ0v) is 16.2. The van der Waals surface area contributed by atoms with E-state index < -0.39 is 0 Å². The summed E-state index contributed by atoms with van der Waals surface area (Å²) in [7, 11) is 0. The van der Waals surface area contributed by atoms with Crippen LogP contribution < -0.4 is 10.6 Å². The fraction of sp³-hybridized carbons (Fsp3) is 0.222.